The van der Waals surface area contributed by atoms with Gasteiger partial charge in [-0.2, -0.15) is 0 Å². The quantitative estimate of drug-likeness (QED) is 0.543. The number of halogens is 2. The number of benzene rings is 2. The van der Waals surface area contributed by atoms with Crippen molar-refractivity contribution in [2.24, 2.45) is 0 Å². The summed E-state index contributed by atoms with van der Waals surface area (Å²) in [7, 11) is 1.82. The van der Waals surface area contributed by atoms with E-state index >= 15 is 0 Å². The van der Waals surface area contributed by atoms with Crippen LogP contribution in [0.25, 0.3) is 33.4 Å². The first-order chi connectivity index (χ1) is 12.7. The summed E-state index contributed by atoms with van der Waals surface area (Å²) >= 11 is 5.92. The molecule has 2 aromatic heterocycles. The zero-order valence-corrected chi connectivity index (χ0v) is 14.6. The summed E-state index contributed by atoms with van der Waals surface area (Å²) in [6.45, 7) is 0. The van der Waals surface area contributed by atoms with Gasteiger partial charge >= 0.3 is 0 Å². The predicted octanol–water partition coefficient (Wildman–Crippen LogP) is 5.19. The van der Waals surface area contributed by atoms with Crippen molar-refractivity contribution < 1.29 is 4.39 Å². The molecule has 4 nitrogen and oxygen atoms in total. The second-order valence-electron chi connectivity index (χ2n) is 5.75. The van der Waals surface area contributed by atoms with Crippen LogP contribution in [0.15, 0.2) is 60.9 Å². The molecule has 0 unspecified atom stereocenters. The number of anilines is 1. The molecule has 4 aromatic rings. The second kappa shape index (κ2) is 6.69. The molecule has 2 aromatic carbocycles. The van der Waals surface area contributed by atoms with E-state index in [4.69, 9.17) is 11.6 Å². The Hall–Kier alpha value is -3.05. The van der Waals surface area contributed by atoms with E-state index in [1.165, 1.54) is 6.07 Å². The van der Waals surface area contributed by atoms with E-state index in [9.17, 15) is 4.39 Å². The van der Waals surface area contributed by atoms with Gasteiger partial charge in [0.05, 0.1) is 10.5 Å². The Labute approximate surface area is 154 Å². The Morgan fingerprint density at radius 2 is 1.77 bits per heavy atom. The van der Waals surface area contributed by atoms with Crippen LogP contribution in [0.1, 0.15) is 0 Å². The van der Waals surface area contributed by atoms with Gasteiger partial charge in [0.2, 0.25) is 0 Å². The topological polar surface area (TPSA) is 50.7 Å². The van der Waals surface area contributed by atoms with Crippen molar-refractivity contribution in [2.75, 3.05) is 12.4 Å². The van der Waals surface area contributed by atoms with Crippen LogP contribution >= 0.6 is 11.6 Å². The van der Waals surface area contributed by atoms with Gasteiger partial charge in [-0.25, -0.2) is 14.4 Å². The van der Waals surface area contributed by atoms with Crippen LogP contribution < -0.4 is 5.32 Å². The van der Waals surface area contributed by atoms with Crippen molar-refractivity contribution in [3.8, 4) is 22.5 Å². The van der Waals surface area contributed by atoms with E-state index in [1.807, 2.05) is 37.4 Å². The molecule has 0 aliphatic heterocycles. The highest BCUT2D eigenvalue weighted by atomic mass is 35.5. The number of nitrogens with one attached hydrogen (secondary N) is 1. The fourth-order valence-electron chi connectivity index (χ4n) is 2.80. The predicted molar refractivity (Wildman–Crippen MR) is 103 cm³/mol. The minimum absolute atomic E-state index is 0.0947. The molecule has 0 aliphatic rings. The molecule has 4 rings (SSSR count). The molecule has 0 radical (unpaired) electrons. The first-order valence-corrected chi connectivity index (χ1v) is 8.39. The van der Waals surface area contributed by atoms with Crippen molar-refractivity contribution in [3.63, 3.8) is 0 Å². The van der Waals surface area contributed by atoms with Gasteiger partial charge in [-0.05, 0) is 47.5 Å². The highest BCUT2D eigenvalue weighted by molar-refractivity contribution is 6.31. The summed E-state index contributed by atoms with van der Waals surface area (Å²) in [6.07, 6.45) is 3.43. The standard InChI is InChI=1S/C20H14ClFN4/c1-23-20-15-6-4-13(12-5-7-17(22)16(21)9-12)10-18(15)25-19(26-20)14-3-2-8-24-11-14/h2-11H,1H3,(H,23,25,26). The molecule has 0 bridgehead atoms. The minimum atomic E-state index is -0.435. The summed E-state index contributed by atoms with van der Waals surface area (Å²) in [5.74, 6) is 0.886. The second-order valence-corrected chi connectivity index (χ2v) is 6.16. The summed E-state index contributed by atoms with van der Waals surface area (Å²) in [6, 6.07) is 14.3. The van der Waals surface area contributed by atoms with Crippen LogP contribution in [-0.2, 0) is 0 Å². The van der Waals surface area contributed by atoms with Crippen LogP contribution in [-0.4, -0.2) is 22.0 Å². The van der Waals surface area contributed by atoms with Gasteiger partial charge in [0, 0.05) is 30.4 Å². The molecule has 2 heterocycles. The van der Waals surface area contributed by atoms with Gasteiger partial charge < -0.3 is 5.32 Å². The van der Waals surface area contributed by atoms with E-state index in [1.54, 1.807) is 24.5 Å². The molecular formula is C20H14ClFN4. The summed E-state index contributed by atoms with van der Waals surface area (Å²) in [5, 5.41) is 4.11. The van der Waals surface area contributed by atoms with Crippen molar-refractivity contribution >= 4 is 28.3 Å². The monoisotopic (exact) mass is 364 g/mol. The minimum Gasteiger partial charge on any atom is -0.373 e. The molecular weight excluding hydrogens is 351 g/mol. The summed E-state index contributed by atoms with van der Waals surface area (Å²) in [4.78, 5) is 13.4. The van der Waals surface area contributed by atoms with Crippen molar-refractivity contribution in [1.29, 1.82) is 0 Å². The number of hydrogen-bond acceptors (Lipinski definition) is 4. The van der Waals surface area contributed by atoms with Crippen LogP contribution in [0.4, 0.5) is 10.2 Å². The van der Waals surface area contributed by atoms with Crippen molar-refractivity contribution in [3.05, 3.63) is 71.8 Å². The number of pyridine rings is 1. The fourth-order valence-corrected chi connectivity index (χ4v) is 2.98. The third-order valence-corrected chi connectivity index (χ3v) is 4.40. The third kappa shape index (κ3) is 2.97. The first-order valence-electron chi connectivity index (χ1n) is 8.01. The lowest BCUT2D eigenvalue weighted by Crippen LogP contribution is -1.99. The molecule has 0 saturated carbocycles. The number of hydrogen-bond donors (Lipinski definition) is 1. The molecule has 26 heavy (non-hydrogen) atoms. The largest absolute Gasteiger partial charge is 0.373 e. The zero-order chi connectivity index (χ0) is 18.1. The third-order valence-electron chi connectivity index (χ3n) is 4.11. The molecule has 1 N–H and O–H groups in total. The molecule has 0 fully saturated rings. The molecule has 0 aliphatic carbocycles. The van der Waals surface area contributed by atoms with Crippen LogP contribution in [0, 0.1) is 5.82 Å². The molecule has 0 saturated heterocycles. The van der Waals surface area contributed by atoms with Gasteiger partial charge in [0.15, 0.2) is 5.82 Å². The SMILES string of the molecule is CNc1nc(-c2cccnc2)nc2cc(-c3ccc(F)c(Cl)c3)ccc12. The number of rotatable bonds is 3. The van der Waals surface area contributed by atoms with Crippen molar-refractivity contribution in [2.45, 2.75) is 0 Å². The normalized spacial score (nSPS) is 10.9. The van der Waals surface area contributed by atoms with E-state index < -0.39 is 5.82 Å². The first kappa shape index (κ1) is 16.4. The lowest BCUT2D eigenvalue weighted by Gasteiger charge is -2.10. The van der Waals surface area contributed by atoms with E-state index in [0.29, 0.717) is 5.82 Å². The highest BCUT2D eigenvalue weighted by Crippen LogP contribution is 2.30. The Morgan fingerprint density at radius 3 is 2.50 bits per heavy atom. The van der Waals surface area contributed by atoms with E-state index in [0.717, 1.165) is 33.4 Å². The average molecular weight is 365 g/mol. The van der Waals surface area contributed by atoms with Gasteiger partial charge in [-0.3, -0.25) is 4.98 Å². The van der Waals surface area contributed by atoms with Gasteiger partial charge in [-0.15, -0.1) is 0 Å². The molecule has 0 spiro atoms. The lowest BCUT2D eigenvalue weighted by atomic mass is 10.0. The fraction of sp³-hybridized carbons (Fsp3) is 0.0500. The number of nitrogens with zero attached hydrogens (tertiary/aromatic N) is 3. The highest BCUT2D eigenvalue weighted by Gasteiger charge is 2.11. The smallest absolute Gasteiger partial charge is 0.163 e. The van der Waals surface area contributed by atoms with Crippen molar-refractivity contribution in [1.82, 2.24) is 15.0 Å². The Kier molecular flexibility index (Phi) is 4.22. The van der Waals surface area contributed by atoms with Crippen LogP contribution in [0.3, 0.4) is 0 Å². The molecule has 0 amide bonds. The molecule has 0 atom stereocenters. The van der Waals surface area contributed by atoms with Crippen LogP contribution in [0.5, 0.6) is 0 Å². The maximum absolute atomic E-state index is 13.4. The van der Waals surface area contributed by atoms with Crippen LogP contribution in [0.2, 0.25) is 5.02 Å². The number of aromatic nitrogens is 3. The molecule has 128 valence electrons. The maximum Gasteiger partial charge on any atom is 0.163 e. The van der Waals surface area contributed by atoms with Gasteiger partial charge in [0.25, 0.3) is 0 Å². The zero-order valence-electron chi connectivity index (χ0n) is 13.9. The molecule has 6 heteroatoms. The summed E-state index contributed by atoms with van der Waals surface area (Å²) in [5.41, 5.74) is 3.34. The number of fused-ring (bicyclic) bond motifs is 1. The lowest BCUT2D eigenvalue weighted by molar-refractivity contribution is 0.628. The van der Waals surface area contributed by atoms with E-state index in [2.05, 4.69) is 20.3 Å². The van der Waals surface area contributed by atoms with Gasteiger partial charge in [-0.1, -0.05) is 23.7 Å². The maximum atomic E-state index is 13.4. The Morgan fingerprint density at radius 1 is 0.962 bits per heavy atom. The Balaban J connectivity index is 1.90. The summed E-state index contributed by atoms with van der Waals surface area (Å²) < 4.78 is 13.4. The Bertz CT molecular complexity index is 1100. The average Bonchev–Trinajstić information content (AvgIpc) is 2.69. The van der Waals surface area contributed by atoms with Gasteiger partial charge in [0.1, 0.15) is 11.6 Å². The van der Waals surface area contributed by atoms with E-state index in [-0.39, 0.29) is 5.02 Å².